The lowest BCUT2D eigenvalue weighted by atomic mass is 10.1. The molecule has 3 aliphatic rings. The number of ether oxygens (including phenoxy) is 2. The number of para-hydroxylation sites is 2. The van der Waals surface area contributed by atoms with E-state index >= 15 is 0 Å². The minimum absolute atomic E-state index is 0.0515. The van der Waals surface area contributed by atoms with Crippen molar-refractivity contribution in [2.45, 2.75) is 37.9 Å². The summed E-state index contributed by atoms with van der Waals surface area (Å²) in [4.78, 5) is 30.0. The average molecular weight is 427 g/mol. The Morgan fingerprint density at radius 2 is 1.67 bits per heavy atom. The molecule has 7 heteroatoms. The molecule has 0 bridgehead atoms. The first-order valence-electron chi connectivity index (χ1n) is 10.4. The van der Waals surface area contributed by atoms with Crippen LogP contribution in [-0.4, -0.2) is 48.6 Å². The monoisotopic (exact) mass is 426 g/mol. The van der Waals surface area contributed by atoms with E-state index in [9.17, 15) is 9.59 Å². The summed E-state index contributed by atoms with van der Waals surface area (Å²) in [5.41, 5.74) is 1.59. The van der Waals surface area contributed by atoms with Gasteiger partial charge in [-0.3, -0.25) is 9.59 Å². The molecule has 5 rings (SSSR count). The summed E-state index contributed by atoms with van der Waals surface area (Å²) < 4.78 is 11.9. The summed E-state index contributed by atoms with van der Waals surface area (Å²) in [6, 6.07) is 12.7. The van der Waals surface area contributed by atoms with Crippen molar-refractivity contribution < 1.29 is 19.1 Å². The molecule has 0 aliphatic carbocycles. The number of carbonyl (C=O) groups excluding carboxylic acids is 2. The maximum absolute atomic E-state index is 13.4. The maximum atomic E-state index is 13.4. The summed E-state index contributed by atoms with van der Waals surface area (Å²) in [6.45, 7) is 1.67. The van der Waals surface area contributed by atoms with Crippen molar-refractivity contribution in [1.82, 2.24) is 4.90 Å². The fourth-order valence-corrected chi connectivity index (χ4v) is 4.61. The molecule has 2 amide bonds. The number of halogens is 1. The molecule has 0 radical (unpaired) electrons. The molecule has 0 N–H and O–H groups in total. The second-order valence-electron chi connectivity index (χ2n) is 7.97. The minimum Gasteiger partial charge on any atom is -0.480 e. The van der Waals surface area contributed by atoms with Gasteiger partial charge >= 0.3 is 0 Å². The van der Waals surface area contributed by atoms with Crippen LogP contribution in [0.5, 0.6) is 11.5 Å². The molecule has 156 valence electrons. The van der Waals surface area contributed by atoms with E-state index in [1.807, 2.05) is 29.2 Å². The zero-order valence-corrected chi connectivity index (χ0v) is 17.3. The van der Waals surface area contributed by atoms with Crippen molar-refractivity contribution in [2.75, 3.05) is 24.5 Å². The molecule has 0 saturated carbocycles. The van der Waals surface area contributed by atoms with Gasteiger partial charge in [-0.25, -0.2) is 0 Å². The van der Waals surface area contributed by atoms with Crippen molar-refractivity contribution in [3.8, 4) is 11.5 Å². The van der Waals surface area contributed by atoms with Gasteiger partial charge < -0.3 is 19.3 Å². The highest BCUT2D eigenvalue weighted by atomic mass is 35.5. The van der Waals surface area contributed by atoms with Crippen molar-refractivity contribution in [1.29, 1.82) is 0 Å². The van der Waals surface area contributed by atoms with E-state index in [1.54, 1.807) is 23.1 Å². The largest absolute Gasteiger partial charge is 0.480 e. The third-order valence-electron chi connectivity index (χ3n) is 5.96. The fourth-order valence-electron chi connectivity index (χ4n) is 4.42. The van der Waals surface area contributed by atoms with Gasteiger partial charge in [-0.1, -0.05) is 23.7 Å². The number of hydrogen-bond donors (Lipinski definition) is 0. The average Bonchev–Trinajstić information content (AvgIpc) is 3.21. The molecule has 1 fully saturated rings. The number of anilines is 1. The fraction of sp³-hybridized carbons (Fsp3) is 0.391. The number of hydrogen-bond acceptors (Lipinski definition) is 4. The molecule has 2 atom stereocenters. The van der Waals surface area contributed by atoms with Gasteiger partial charge in [0.2, 0.25) is 0 Å². The molecule has 0 unspecified atom stereocenters. The predicted molar refractivity (Wildman–Crippen MR) is 113 cm³/mol. The Bertz CT molecular complexity index is 989. The zero-order chi connectivity index (χ0) is 20.7. The van der Waals surface area contributed by atoms with Gasteiger partial charge in [0.15, 0.2) is 12.2 Å². The Morgan fingerprint density at radius 3 is 2.50 bits per heavy atom. The highest BCUT2D eigenvalue weighted by Gasteiger charge is 2.40. The number of rotatable bonds is 2. The summed E-state index contributed by atoms with van der Waals surface area (Å²) in [5.74, 6) is 1.00. The second kappa shape index (κ2) is 7.84. The molecule has 0 spiro atoms. The lowest BCUT2D eigenvalue weighted by Crippen LogP contribution is -2.54. The van der Waals surface area contributed by atoms with Gasteiger partial charge in [0.1, 0.15) is 11.5 Å². The quantitative estimate of drug-likeness (QED) is 0.738. The zero-order valence-electron chi connectivity index (χ0n) is 16.6. The molecule has 2 aromatic rings. The van der Waals surface area contributed by atoms with Gasteiger partial charge in [-0.05, 0) is 55.2 Å². The third-order valence-corrected chi connectivity index (χ3v) is 6.19. The van der Waals surface area contributed by atoms with Crippen LogP contribution in [0.2, 0.25) is 5.02 Å². The van der Waals surface area contributed by atoms with E-state index in [0.29, 0.717) is 28.6 Å². The lowest BCUT2D eigenvalue weighted by molar-refractivity contribution is -0.140. The van der Waals surface area contributed by atoms with Gasteiger partial charge in [-0.2, -0.15) is 0 Å². The van der Waals surface area contributed by atoms with Crippen LogP contribution in [0.4, 0.5) is 5.69 Å². The number of carbonyl (C=O) groups is 2. The smallest absolute Gasteiger partial charge is 0.268 e. The summed E-state index contributed by atoms with van der Waals surface area (Å²) in [6.07, 6.45) is 2.27. The van der Waals surface area contributed by atoms with Crippen LogP contribution in [0.3, 0.4) is 0 Å². The van der Waals surface area contributed by atoms with Gasteiger partial charge in [-0.15, -0.1) is 0 Å². The van der Waals surface area contributed by atoms with Crippen LogP contribution in [0.15, 0.2) is 42.5 Å². The van der Waals surface area contributed by atoms with Crippen molar-refractivity contribution >= 4 is 29.1 Å². The molecule has 1 saturated heterocycles. The van der Waals surface area contributed by atoms with E-state index < -0.39 is 12.2 Å². The molecule has 3 heterocycles. The molecule has 30 heavy (non-hydrogen) atoms. The van der Waals surface area contributed by atoms with E-state index in [-0.39, 0.29) is 18.4 Å². The normalized spacial score (nSPS) is 22.6. The number of benzene rings is 2. The Balaban J connectivity index is 1.39. The Morgan fingerprint density at radius 1 is 0.900 bits per heavy atom. The van der Waals surface area contributed by atoms with E-state index in [1.165, 1.54) is 0 Å². The first-order chi connectivity index (χ1) is 14.6. The number of fused-ring (bicyclic) bond motifs is 2. The summed E-state index contributed by atoms with van der Waals surface area (Å²) >= 11 is 6.08. The van der Waals surface area contributed by atoms with E-state index in [2.05, 4.69) is 0 Å². The topological polar surface area (TPSA) is 59.1 Å². The molecule has 0 aromatic heterocycles. The highest BCUT2D eigenvalue weighted by molar-refractivity contribution is 6.30. The lowest BCUT2D eigenvalue weighted by Gasteiger charge is -2.38. The van der Waals surface area contributed by atoms with E-state index in [4.69, 9.17) is 21.1 Å². The first kappa shape index (κ1) is 19.2. The van der Waals surface area contributed by atoms with Crippen LogP contribution in [0.1, 0.15) is 24.8 Å². The highest BCUT2D eigenvalue weighted by Crippen LogP contribution is 2.37. The van der Waals surface area contributed by atoms with Crippen molar-refractivity contribution in [3.63, 3.8) is 0 Å². The number of amides is 2. The Labute approximate surface area is 180 Å². The number of nitrogens with zero attached hydrogens (tertiary/aromatic N) is 2. The van der Waals surface area contributed by atoms with Crippen LogP contribution in [0.25, 0.3) is 0 Å². The van der Waals surface area contributed by atoms with Crippen LogP contribution in [-0.2, 0) is 16.0 Å². The summed E-state index contributed by atoms with van der Waals surface area (Å²) in [5, 5.41) is 0.620. The van der Waals surface area contributed by atoms with Crippen LogP contribution < -0.4 is 14.4 Å². The van der Waals surface area contributed by atoms with Crippen molar-refractivity contribution in [2.24, 2.45) is 0 Å². The van der Waals surface area contributed by atoms with Gasteiger partial charge in [0.25, 0.3) is 11.8 Å². The maximum Gasteiger partial charge on any atom is 0.268 e. The minimum atomic E-state index is -0.708. The molecule has 3 aliphatic heterocycles. The van der Waals surface area contributed by atoms with Gasteiger partial charge in [0, 0.05) is 24.5 Å². The third kappa shape index (κ3) is 3.49. The number of likely N-dealkylation sites (tertiary alicyclic amines) is 1. The van der Waals surface area contributed by atoms with E-state index in [0.717, 1.165) is 37.9 Å². The Kier molecular flexibility index (Phi) is 5.03. The SMILES string of the molecule is O=C([C@@H]1CN(C(=O)[C@H]2Cc3cc(Cl)ccc3O2)c2ccccc2O1)N1CCCCC1. The van der Waals surface area contributed by atoms with Crippen LogP contribution in [0, 0.1) is 0 Å². The summed E-state index contributed by atoms with van der Waals surface area (Å²) in [7, 11) is 0. The molecule has 2 aromatic carbocycles. The van der Waals surface area contributed by atoms with Crippen molar-refractivity contribution in [3.05, 3.63) is 53.1 Å². The predicted octanol–water partition coefficient (Wildman–Crippen LogP) is 3.45. The van der Waals surface area contributed by atoms with Crippen LogP contribution >= 0.6 is 11.6 Å². The molecular formula is C23H23ClN2O4. The Hall–Kier alpha value is -2.73. The number of piperidine rings is 1. The first-order valence-corrected chi connectivity index (χ1v) is 10.8. The molecular weight excluding hydrogens is 404 g/mol. The standard InChI is InChI=1S/C23H23ClN2O4/c24-16-8-9-18-15(12-16)13-20(29-18)23(28)26-14-21(22(27)25-10-4-1-5-11-25)30-19-7-3-2-6-17(19)26/h2-3,6-9,12,20-21H,1,4-5,10-11,13-14H2/t20-,21+/m1/s1. The van der Waals surface area contributed by atoms with Gasteiger partial charge in [0.05, 0.1) is 12.2 Å². The second-order valence-corrected chi connectivity index (χ2v) is 8.41. The molecule has 6 nitrogen and oxygen atoms in total.